The van der Waals surface area contributed by atoms with Crippen LogP contribution in [0.4, 0.5) is 0 Å². The van der Waals surface area contributed by atoms with Crippen LogP contribution in [0.3, 0.4) is 0 Å². The van der Waals surface area contributed by atoms with Crippen molar-refractivity contribution in [2.75, 3.05) is 27.7 Å². The lowest BCUT2D eigenvalue weighted by atomic mass is 10.0. The first-order valence-corrected chi connectivity index (χ1v) is 10.1. The molecule has 3 aromatic rings. The molecule has 31 heavy (non-hydrogen) atoms. The number of benzene rings is 2. The van der Waals surface area contributed by atoms with Gasteiger partial charge in [-0.2, -0.15) is 0 Å². The van der Waals surface area contributed by atoms with Crippen molar-refractivity contribution < 1.29 is 18.7 Å². The standard InChI is InChI=1S/C24H24N2O5/c1-25(2)18-13-20(24(29)30-3)26(14-18)22(27)17-9-6-8-15(11-17)19-12-16-7-4-5-10-21(16)31-23(19)28/h4-12,18,20H,13-14H2,1-3H3/t18-,20+/m1/s1. The van der Waals surface area contributed by atoms with Crippen LogP contribution in [0.2, 0.25) is 0 Å². The second-order valence-corrected chi connectivity index (χ2v) is 7.92. The van der Waals surface area contributed by atoms with Gasteiger partial charge in [0.25, 0.3) is 5.91 Å². The molecule has 0 unspecified atom stereocenters. The monoisotopic (exact) mass is 420 g/mol. The van der Waals surface area contributed by atoms with Crippen LogP contribution in [0.1, 0.15) is 16.8 Å². The zero-order valence-electron chi connectivity index (χ0n) is 17.7. The molecule has 0 radical (unpaired) electrons. The Morgan fingerprint density at radius 1 is 1.10 bits per heavy atom. The average Bonchev–Trinajstić information content (AvgIpc) is 3.23. The number of likely N-dealkylation sites (N-methyl/N-ethyl adjacent to an activating group) is 1. The summed E-state index contributed by atoms with van der Waals surface area (Å²) in [6, 6.07) is 15.3. The SMILES string of the molecule is COC(=O)[C@@H]1C[C@@H](N(C)C)CN1C(=O)c1cccc(-c2cc3ccccc3oc2=O)c1. The van der Waals surface area contributed by atoms with Gasteiger partial charge < -0.3 is 19.0 Å². The lowest BCUT2D eigenvalue weighted by Crippen LogP contribution is -2.41. The lowest BCUT2D eigenvalue weighted by Gasteiger charge is -2.23. The Labute approximate surface area is 179 Å². The van der Waals surface area contributed by atoms with Crippen LogP contribution < -0.4 is 5.63 Å². The van der Waals surface area contributed by atoms with Gasteiger partial charge in [-0.25, -0.2) is 9.59 Å². The van der Waals surface area contributed by atoms with E-state index in [4.69, 9.17) is 9.15 Å². The fourth-order valence-electron chi connectivity index (χ4n) is 4.02. The summed E-state index contributed by atoms with van der Waals surface area (Å²) in [6.45, 7) is 0.425. The third-order valence-electron chi connectivity index (χ3n) is 5.81. The summed E-state index contributed by atoms with van der Waals surface area (Å²) in [6.07, 6.45) is 0.513. The Morgan fingerprint density at radius 3 is 2.61 bits per heavy atom. The van der Waals surface area contributed by atoms with E-state index >= 15 is 0 Å². The zero-order chi connectivity index (χ0) is 22.1. The van der Waals surface area contributed by atoms with E-state index in [0.29, 0.717) is 35.2 Å². The van der Waals surface area contributed by atoms with Gasteiger partial charge in [0.05, 0.1) is 12.7 Å². The predicted octanol–water partition coefficient (Wildman–Crippen LogP) is 2.78. The number of hydrogen-bond acceptors (Lipinski definition) is 6. The molecule has 0 N–H and O–H groups in total. The van der Waals surface area contributed by atoms with E-state index in [1.165, 1.54) is 7.11 Å². The molecule has 7 heteroatoms. The van der Waals surface area contributed by atoms with Gasteiger partial charge in [-0.05, 0) is 50.3 Å². The molecule has 4 rings (SSSR count). The fraction of sp³-hybridized carbons (Fsp3) is 0.292. The van der Waals surface area contributed by atoms with Crippen molar-refractivity contribution in [3.8, 4) is 11.1 Å². The molecular formula is C24H24N2O5. The molecule has 1 aromatic heterocycles. The molecular weight excluding hydrogens is 396 g/mol. The van der Waals surface area contributed by atoms with Gasteiger partial charge in [0.15, 0.2) is 0 Å². The van der Waals surface area contributed by atoms with Crippen LogP contribution in [-0.4, -0.2) is 61.5 Å². The minimum Gasteiger partial charge on any atom is -0.467 e. The molecule has 2 aromatic carbocycles. The van der Waals surface area contributed by atoms with Crippen LogP contribution in [0.25, 0.3) is 22.1 Å². The molecule has 2 atom stereocenters. The number of amides is 1. The number of carbonyl (C=O) groups excluding carboxylic acids is 2. The summed E-state index contributed by atoms with van der Waals surface area (Å²) in [4.78, 5) is 41.7. The number of para-hydroxylation sites is 1. The largest absolute Gasteiger partial charge is 0.467 e. The van der Waals surface area contributed by atoms with Crippen molar-refractivity contribution in [1.29, 1.82) is 0 Å². The molecule has 1 aliphatic rings. The van der Waals surface area contributed by atoms with Crippen molar-refractivity contribution >= 4 is 22.8 Å². The zero-order valence-corrected chi connectivity index (χ0v) is 17.7. The average molecular weight is 420 g/mol. The first-order chi connectivity index (χ1) is 14.9. The summed E-state index contributed by atoms with van der Waals surface area (Å²) < 4.78 is 10.4. The second-order valence-electron chi connectivity index (χ2n) is 7.92. The van der Waals surface area contributed by atoms with Crippen LogP contribution >= 0.6 is 0 Å². The van der Waals surface area contributed by atoms with Gasteiger partial charge in [-0.15, -0.1) is 0 Å². The normalized spacial score (nSPS) is 18.5. The summed E-state index contributed by atoms with van der Waals surface area (Å²) >= 11 is 0. The molecule has 7 nitrogen and oxygen atoms in total. The van der Waals surface area contributed by atoms with Gasteiger partial charge in [0.1, 0.15) is 11.6 Å². The second kappa shape index (κ2) is 8.35. The van der Waals surface area contributed by atoms with E-state index in [9.17, 15) is 14.4 Å². The number of rotatable bonds is 4. The van der Waals surface area contributed by atoms with Crippen molar-refractivity contribution in [3.05, 3.63) is 70.6 Å². The van der Waals surface area contributed by atoms with Gasteiger partial charge >= 0.3 is 11.6 Å². The van der Waals surface area contributed by atoms with Gasteiger partial charge in [0.2, 0.25) is 0 Å². The third kappa shape index (κ3) is 3.96. The summed E-state index contributed by atoms with van der Waals surface area (Å²) in [5.74, 6) is -0.698. The number of carbonyl (C=O) groups is 2. The number of nitrogens with zero attached hydrogens (tertiary/aromatic N) is 2. The highest BCUT2D eigenvalue weighted by molar-refractivity contribution is 5.98. The Morgan fingerprint density at radius 2 is 1.87 bits per heavy atom. The van der Waals surface area contributed by atoms with E-state index in [1.807, 2.05) is 31.1 Å². The molecule has 0 aliphatic carbocycles. The Kier molecular flexibility index (Phi) is 5.61. The molecule has 1 amide bonds. The maximum absolute atomic E-state index is 13.3. The Hall–Kier alpha value is -3.45. The molecule has 2 heterocycles. The number of esters is 1. The van der Waals surface area contributed by atoms with Gasteiger partial charge in [-0.3, -0.25) is 4.79 Å². The van der Waals surface area contributed by atoms with Crippen LogP contribution in [0.15, 0.2) is 63.8 Å². The molecule has 0 spiro atoms. The molecule has 1 fully saturated rings. The Balaban J connectivity index is 1.69. The maximum atomic E-state index is 13.3. The molecule has 1 saturated heterocycles. The number of fused-ring (bicyclic) bond motifs is 1. The number of hydrogen-bond donors (Lipinski definition) is 0. The predicted molar refractivity (Wildman–Crippen MR) is 117 cm³/mol. The topological polar surface area (TPSA) is 80.1 Å². The third-order valence-corrected chi connectivity index (χ3v) is 5.81. The van der Waals surface area contributed by atoms with E-state index in [1.54, 1.807) is 47.4 Å². The lowest BCUT2D eigenvalue weighted by molar-refractivity contribution is -0.145. The smallest absolute Gasteiger partial charge is 0.344 e. The van der Waals surface area contributed by atoms with Crippen molar-refractivity contribution in [1.82, 2.24) is 9.80 Å². The Bertz CT molecular complexity index is 1200. The summed E-state index contributed by atoms with van der Waals surface area (Å²) in [5.41, 5.74) is 1.41. The van der Waals surface area contributed by atoms with E-state index in [2.05, 4.69) is 0 Å². The summed E-state index contributed by atoms with van der Waals surface area (Å²) in [7, 11) is 5.17. The number of ether oxygens (including phenoxy) is 1. The van der Waals surface area contributed by atoms with Crippen molar-refractivity contribution in [2.45, 2.75) is 18.5 Å². The number of methoxy groups -OCH3 is 1. The molecule has 1 aliphatic heterocycles. The van der Waals surface area contributed by atoms with Crippen molar-refractivity contribution in [3.63, 3.8) is 0 Å². The first kappa shape index (κ1) is 20.8. The van der Waals surface area contributed by atoms with E-state index < -0.39 is 17.6 Å². The van der Waals surface area contributed by atoms with Crippen LogP contribution in [0.5, 0.6) is 0 Å². The fourth-order valence-corrected chi connectivity index (χ4v) is 4.02. The minimum absolute atomic E-state index is 0.0590. The quantitative estimate of drug-likeness (QED) is 0.477. The van der Waals surface area contributed by atoms with Crippen molar-refractivity contribution in [2.24, 2.45) is 0 Å². The van der Waals surface area contributed by atoms with Gasteiger partial charge in [-0.1, -0.05) is 30.3 Å². The molecule has 0 bridgehead atoms. The highest BCUT2D eigenvalue weighted by atomic mass is 16.5. The molecule has 0 saturated carbocycles. The van der Waals surface area contributed by atoms with E-state index in [0.717, 1.165) is 5.39 Å². The van der Waals surface area contributed by atoms with Crippen LogP contribution in [-0.2, 0) is 9.53 Å². The maximum Gasteiger partial charge on any atom is 0.344 e. The highest BCUT2D eigenvalue weighted by Crippen LogP contribution is 2.26. The molecule has 160 valence electrons. The highest BCUT2D eigenvalue weighted by Gasteiger charge is 2.41. The van der Waals surface area contributed by atoms with Gasteiger partial charge in [0, 0.05) is 23.5 Å². The van der Waals surface area contributed by atoms with Crippen LogP contribution in [0, 0.1) is 0 Å². The first-order valence-electron chi connectivity index (χ1n) is 10.1. The number of likely N-dealkylation sites (tertiary alicyclic amines) is 1. The summed E-state index contributed by atoms with van der Waals surface area (Å²) in [5, 5.41) is 0.799. The van der Waals surface area contributed by atoms with E-state index in [-0.39, 0.29) is 11.9 Å². The minimum atomic E-state index is -0.640.